The zero-order valence-electron chi connectivity index (χ0n) is 10.7. The van der Waals surface area contributed by atoms with Crippen molar-refractivity contribution in [1.82, 2.24) is 10.6 Å². The highest BCUT2D eigenvalue weighted by atomic mass is 79.9. The number of guanidine groups is 1. The standard InChI is InChI=1S/C13H16BrN3O2/c1-3-4-16-13(15-2)17-7-9-5-10(14)12-11(6-9)18-8-19-12/h3,5-6H,1,4,7-8H2,2H3,(H2,15,16,17). The van der Waals surface area contributed by atoms with E-state index in [2.05, 4.69) is 38.1 Å². The van der Waals surface area contributed by atoms with Crippen LogP contribution >= 0.6 is 15.9 Å². The lowest BCUT2D eigenvalue weighted by atomic mass is 10.2. The van der Waals surface area contributed by atoms with E-state index in [1.807, 2.05) is 12.1 Å². The first kappa shape index (κ1) is 13.7. The topological polar surface area (TPSA) is 54.9 Å². The Labute approximate surface area is 120 Å². The van der Waals surface area contributed by atoms with Crippen molar-refractivity contribution in [2.24, 2.45) is 4.99 Å². The van der Waals surface area contributed by atoms with E-state index in [1.54, 1.807) is 13.1 Å². The summed E-state index contributed by atoms with van der Waals surface area (Å²) in [6.45, 7) is 5.24. The zero-order valence-corrected chi connectivity index (χ0v) is 12.3. The van der Waals surface area contributed by atoms with E-state index in [9.17, 15) is 0 Å². The van der Waals surface area contributed by atoms with Gasteiger partial charge in [0.2, 0.25) is 6.79 Å². The van der Waals surface area contributed by atoms with E-state index in [4.69, 9.17) is 9.47 Å². The molecule has 0 bridgehead atoms. The van der Waals surface area contributed by atoms with Crippen LogP contribution in [0.5, 0.6) is 11.5 Å². The molecule has 1 aliphatic rings. The fourth-order valence-corrected chi connectivity index (χ4v) is 2.30. The Morgan fingerprint density at radius 1 is 1.47 bits per heavy atom. The number of nitrogens with one attached hydrogen (secondary N) is 2. The molecule has 0 aliphatic carbocycles. The lowest BCUT2D eigenvalue weighted by molar-refractivity contribution is 0.173. The summed E-state index contributed by atoms with van der Waals surface area (Å²) >= 11 is 3.47. The van der Waals surface area contributed by atoms with Gasteiger partial charge in [-0.05, 0) is 33.6 Å². The van der Waals surface area contributed by atoms with Crippen LogP contribution in [0.2, 0.25) is 0 Å². The summed E-state index contributed by atoms with van der Waals surface area (Å²) in [7, 11) is 1.73. The van der Waals surface area contributed by atoms with Crippen molar-refractivity contribution >= 4 is 21.9 Å². The Morgan fingerprint density at radius 3 is 3.05 bits per heavy atom. The summed E-state index contributed by atoms with van der Waals surface area (Å²) in [6, 6.07) is 3.96. The Morgan fingerprint density at radius 2 is 2.32 bits per heavy atom. The van der Waals surface area contributed by atoms with Crippen LogP contribution in [0.3, 0.4) is 0 Å². The molecular weight excluding hydrogens is 310 g/mol. The molecule has 0 unspecified atom stereocenters. The van der Waals surface area contributed by atoms with Crippen LogP contribution in [0.25, 0.3) is 0 Å². The molecule has 0 spiro atoms. The third kappa shape index (κ3) is 3.41. The second kappa shape index (κ2) is 6.47. The molecule has 102 valence electrons. The number of aliphatic imine (C=N–C) groups is 1. The summed E-state index contributed by atoms with van der Waals surface area (Å²) in [6.07, 6.45) is 1.78. The maximum atomic E-state index is 5.38. The van der Waals surface area contributed by atoms with Crippen LogP contribution in [-0.2, 0) is 6.54 Å². The minimum atomic E-state index is 0.271. The molecule has 5 nitrogen and oxygen atoms in total. The average molecular weight is 326 g/mol. The minimum Gasteiger partial charge on any atom is -0.454 e. The summed E-state index contributed by atoms with van der Waals surface area (Å²) in [5.41, 5.74) is 1.08. The third-order valence-corrected chi connectivity index (χ3v) is 3.17. The molecule has 1 heterocycles. The molecule has 0 atom stereocenters. The van der Waals surface area contributed by atoms with Gasteiger partial charge in [0, 0.05) is 20.1 Å². The average Bonchev–Trinajstić information content (AvgIpc) is 2.88. The number of ether oxygens (including phenoxy) is 2. The molecular formula is C13H16BrN3O2. The Balaban J connectivity index is 2.00. The van der Waals surface area contributed by atoms with Crippen molar-refractivity contribution in [1.29, 1.82) is 0 Å². The summed E-state index contributed by atoms with van der Waals surface area (Å²) in [4.78, 5) is 4.11. The molecule has 1 aromatic carbocycles. The number of hydrogen-bond acceptors (Lipinski definition) is 3. The monoisotopic (exact) mass is 325 g/mol. The van der Waals surface area contributed by atoms with Crippen molar-refractivity contribution in [3.8, 4) is 11.5 Å². The molecule has 0 saturated carbocycles. The predicted molar refractivity (Wildman–Crippen MR) is 78.7 cm³/mol. The van der Waals surface area contributed by atoms with Crippen LogP contribution < -0.4 is 20.1 Å². The van der Waals surface area contributed by atoms with E-state index in [1.165, 1.54) is 0 Å². The maximum Gasteiger partial charge on any atom is 0.231 e. The smallest absolute Gasteiger partial charge is 0.231 e. The molecule has 0 radical (unpaired) electrons. The van der Waals surface area contributed by atoms with E-state index in [0.29, 0.717) is 13.1 Å². The van der Waals surface area contributed by atoms with Crippen molar-refractivity contribution < 1.29 is 9.47 Å². The van der Waals surface area contributed by atoms with Gasteiger partial charge in [0.05, 0.1) is 4.47 Å². The Hall–Kier alpha value is -1.69. The van der Waals surface area contributed by atoms with Gasteiger partial charge >= 0.3 is 0 Å². The van der Waals surface area contributed by atoms with Crippen molar-refractivity contribution in [2.75, 3.05) is 20.4 Å². The molecule has 0 aromatic heterocycles. The highest BCUT2D eigenvalue weighted by Gasteiger charge is 2.17. The fraction of sp³-hybridized carbons (Fsp3) is 0.308. The number of benzene rings is 1. The van der Waals surface area contributed by atoms with Gasteiger partial charge in [-0.25, -0.2) is 0 Å². The van der Waals surface area contributed by atoms with Crippen LogP contribution in [0.4, 0.5) is 0 Å². The molecule has 0 amide bonds. The van der Waals surface area contributed by atoms with Gasteiger partial charge in [-0.2, -0.15) is 0 Å². The predicted octanol–water partition coefficient (Wildman–Crippen LogP) is 2.03. The van der Waals surface area contributed by atoms with Crippen LogP contribution in [-0.4, -0.2) is 26.3 Å². The quantitative estimate of drug-likeness (QED) is 0.505. The largest absolute Gasteiger partial charge is 0.454 e. The zero-order chi connectivity index (χ0) is 13.7. The molecule has 0 fully saturated rings. The SMILES string of the molecule is C=CCNC(=NC)NCc1cc(Br)c2c(c1)OCO2. The van der Waals surface area contributed by atoms with Crippen molar-refractivity contribution in [3.05, 3.63) is 34.8 Å². The normalized spacial score (nSPS) is 13.3. The highest BCUT2D eigenvalue weighted by Crippen LogP contribution is 2.39. The summed E-state index contributed by atoms with van der Waals surface area (Å²) in [5.74, 6) is 2.26. The lowest BCUT2D eigenvalue weighted by Crippen LogP contribution is -2.36. The van der Waals surface area contributed by atoms with Crippen LogP contribution in [0, 0.1) is 0 Å². The van der Waals surface area contributed by atoms with Gasteiger partial charge < -0.3 is 20.1 Å². The van der Waals surface area contributed by atoms with E-state index in [0.717, 1.165) is 27.5 Å². The number of hydrogen-bond donors (Lipinski definition) is 2. The number of halogens is 1. The van der Waals surface area contributed by atoms with Gasteiger partial charge in [0.15, 0.2) is 17.5 Å². The van der Waals surface area contributed by atoms with Gasteiger partial charge in [0.1, 0.15) is 0 Å². The molecule has 0 saturated heterocycles. The molecule has 2 N–H and O–H groups in total. The highest BCUT2D eigenvalue weighted by molar-refractivity contribution is 9.10. The number of fused-ring (bicyclic) bond motifs is 1. The molecule has 19 heavy (non-hydrogen) atoms. The second-order valence-corrected chi connectivity index (χ2v) is 4.76. The summed E-state index contributed by atoms with van der Waals surface area (Å²) < 4.78 is 11.6. The van der Waals surface area contributed by atoms with Crippen LogP contribution in [0.15, 0.2) is 34.3 Å². The maximum absolute atomic E-state index is 5.38. The fourth-order valence-electron chi connectivity index (χ4n) is 1.70. The molecule has 6 heteroatoms. The van der Waals surface area contributed by atoms with Crippen molar-refractivity contribution in [3.63, 3.8) is 0 Å². The van der Waals surface area contributed by atoms with Gasteiger partial charge in [-0.3, -0.25) is 4.99 Å². The first-order chi connectivity index (χ1) is 9.24. The first-order valence-electron chi connectivity index (χ1n) is 5.88. The number of rotatable bonds is 4. The van der Waals surface area contributed by atoms with Gasteiger partial charge in [-0.1, -0.05) is 6.08 Å². The Kier molecular flexibility index (Phi) is 4.68. The van der Waals surface area contributed by atoms with Gasteiger partial charge in [-0.15, -0.1) is 6.58 Å². The second-order valence-electron chi connectivity index (χ2n) is 3.91. The van der Waals surface area contributed by atoms with Crippen LogP contribution in [0.1, 0.15) is 5.56 Å². The van der Waals surface area contributed by atoms with Gasteiger partial charge in [0.25, 0.3) is 0 Å². The van der Waals surface area contributed by atoms with E-state index in [-0.39, 0.29) is 6.79 Å². The summed E-state index contributed by atoms with van der Waals surface area (Å²) in [5, 5.41) is 6.32. The molecule has 1 aliphatic heterocycles. The van der Waals surface area contributed by atoms with Crippen molar-refractivity contribution in [2.45, 2.75) is 6.54 Å². The molecule has 1 aromatic rings. The number of nitrogens with zero attached hydrogens (tertiary/aromatic N) is 1. The Bertz CT molecular complexity index is 503. The lowest BCUT2D eigenvalue weighted by Gasteiger charge is -2.11. The molecule has 2 rings (SSSR count). The minimum absolute atomic E-state index is 0.271. The third-order valence-electron chi connectivity index (χ3n) is 2.58. The van der Waals surface area contributed by atoms with E-state index >= 15 is 0 Å². The van der Waals surface area contributed by atoms with E-state index < -0.39 is 0 Å². The first-order valence-corrected chi connectivity index (χ1v) is 6.67.